The predicted octanol–water partition coefficient (Wildman–Crippen LogP) is 18.7. The number of aliphatic hydroxyl groups excluding tert-OH is 1. The number of carbonyl (C=O) groups is 3. The molecule has 0 fully saturated rings. The van der Waals surface area contributed by atoms with Gasteiger partial charge in [0.1, 0.15) is 12.7 Å². The Bertz CT molecular complexity index is 1510. The van der Waals surface area contributed by atoms with Crippen molar-refractivity contribution in [3.8, 4) is 0 Å². The number of unbranched alkanes of at least 4 members (excludes halogenated alkanes) is 31. The normalized spacial score (nSPS) is 13.7. The summed E-state index contributed by atoms with van der Waals surface area (Å²) < 4.78 is 39.6. The summed E-state index contributed by atoms with van der Waals surface area (Å²) >= 11 is 0. The van der Waals surface area contributed by atoms with E-state index in [1.807, 2.05) is 0 Å². The summed E-state index contributed by atoms with van der Waals surface area (Å²) in [5.74, 6) is -1.48. The first kappa shape index (κ1) is 73.2. The van der Waals surface area contributed by atoms with Crippen LogP contribution < -0.4 is 0 Å². The van der Waals surface area contributed by atoms with Gasteiger partial charge in [0.25, 0.3) is 0 Å². The molecule has 0 aliphatic carbocycles. The molecule has 0 spiro atoms. The number of hydrogen-bond donors (Lipinski definition) is 2. The Balaban J connectivity index is 4.71. The van der Waals surface area contributed by atoms with Crippen molar-refractivity contribution in [2.75, 3.05) is 26.4 Å². The van der Waals surface area contributed by atoms with Crippen molar-refractivity contribution in [3.63, 3.8) is 0 Å². The number of esters is 3. The molecule has 0 heterocycles. The van der Waals surface area contributed by atoms with Crippen LogP contribution in [0.4, 0.5) is 0 Å². The molecule has 0 aromatic rings. The number of phosphoric ester groups is 1. The van der Waals surface area contributed by atoms with Crippen molar-refractivity contribution in [3.05, 3.63) is 60.8 Å². The molecule has 0 amide bonds. The lowest BCUT2D eigenvalue weighted by atomic mass is 10.0. The minimum Gasteiger partial charge on any atom is -0.462 e. The van der Waals surface area contributed by atoms with E-state index < -0.39 is 57.8 Å². The molecule has 3 unspecified atom stereocenters. The van der Waals surface area contributed by atoms with Gasteiger partial charge in [-0.15, -0.1) is 0 Å². The topological polar surface area (TPSA) is 155 Å². The van der Waals surface area contributed by atoms with Crippen molar-refractivity contribution in [1.82, 2.24) is 0 Å². The van der Waals surface area contributed by atoms with Crippen LogP contribution in [0.1, 0.15) is 290 Å². The molecule has 0 saturated heterocycles. The maximum Gasteiger partial charge on any atom is 0.472 e. The number of carbonyl (C=O) groups excluding carboxylic acids is 3. The lowest BCUT2D eigenvalue weighted by Crippen LogP contribution is -2.30. The minimum absolute atomic E-state index is 0.142. The van der Waals surface area contributed by atoms with E-state index >= 15 is 0 Å². The number of phosphoric acid groups is 1. The summed E-state index contributed by atoms with van der Waals surface area (Å²) in [6, 6.07) is 0. The Morgan fingerprint density at radius 1 is 0.382 bits per heavy atom. The summed E-state index contributed by atoms with van der Waals surface area (Å²) in [4.78, 5) is 48.7. The molecule has 0 aliphatic heterocycles. The highest BCUT2D eigenvalue weighted by atomic mass is 31.2. The smallest absolute Gasteiger partial charge is 0.462 e. The lowest BCUT2D eigenvalue weighted by Gasteiger charge is -2.21. The second-order valence-electron chi connectivity index (χ2n) is 20.8. The Kier molecular flexibility index (Phi) is 56.2. The van der Waals surface area contributed by atoms with Crippen molar-refractivity contribution in [1.29, 1.82) is 0 Å². The first-order chi connectivity index (χ1) is 37.2. The molecule has 0 bridgehead atoms. The zero-order valence-corrected chi connectivity index (χ0v) is 49.9. The van der Waals surface area contributed by atoms with E-state index in [4.69, 9.17) is 23.3 Å². The molecule has 11 nitrogen and oxygen atoms in total. The van der Waals surface area contributed by atoms with Gasteiger partial charge in [0.15, 0.2) is 6.10 Å². The van der Waals surface area contributed by atoms with E-state index in [9.17, 15) is 28.9 Å². The summed E-state index contributed by atoms with van der Waals surface area (Å²) in [5, 5.41) is 9.82. The molecule has 0 aliphatic rings. The average molecular weight is 1090 g/mol. The zero-order chi connectivity index (χ0) is 55.5. The molecular weight excluding hydrogens is 976 g/mol. The van der Waals surface area contributed by atoms with Crippen LogP contribution in [0.25, 0.3) is 0 Å². The van der Waals surface area contributed by atoms with E-state index in [-0.39, 0.29) is 25.9 Å². The SMILES string of the molecule is CC/C=C\C/C=C\C/C=C\CCCCCC(=O)OC(CO)COP(=O)(O)OCC(COC(=O)CCCCCCCCCCCCCCCCCCC)OC(=O)CCCCCCCCCCC/C=C\C/C=C\CCCCC. The van der Waals surface area contributed by atoms with Crippen molar-refractivity contribution < 1.29 is 52.2 Å². The highest BCUT2D eigenvalue weighted by Gasteiger charge is 2.28. The zero-order valence-electron chi connectivity index (χ0n) is 49.0. The third-order valence-electron chi connectivity index (χ3n) is 13.4. The molecule has 76 heavy (non-hydrogen) atoms. The first-order valence-corrected chi connectivity index (χ1v) is 32.7. The highest BCUT2D eigenvalue weighted by Crippen LogP contribution is 2.43. The fourth-order valence-corrected chi connectivity index (χ4v) is 9.48. The van der Waals surface area contributed by atoms with E-state index in [1.54, 1.807) is 0 Å². The van der Waals surface area contributed by atoms with Crippen LogP contribution in [0.3, 0.4) is 0 Å². The van der Waals surface area contributed by atoms with Crippen LogP contribution in [-0.4, -0.2) is 66.5 Å². The second-order valence-corrected chi connectivity index (χ2v) is 22.3. The van der Waals surface area contributed by atoms with Crippen LogP contribution in [0.2, 0.25) is 0 Å². The average Bonchev–Trinajstić information content (AvgIpc) is 3.41. The van der Waals surface area contributed by atoms with Crippen LogP contribution in [-0.2, 0) is 42.2 Å². The first-order valence-electron chi connectivity index (χ1n) is 31.2. The molecule has 0 rings (SSSR count). The van der Waals surface area contributed by atoms with Gasteiger partial charge in [-0.2, -0.15) is 0 Å². The maximum atomic E-state index is 12.9. The molecule has 12 heteroatoms. The molecule has 2 N–H and O–H groups in total. The van der Waals surface area contributed by atoms with Gasteiger partial charge < -0.3 is 24.2 Å². The van der Waals surface area contributed by atoms with E-state index in [0.717, 1.165) is 89.9 Å². The van der Waals surface area contributed by atoms with Gasteiger partial charge in [-0.25, -0.2) is 4.57 Å². The van der Waals surface area contributed by atoms with E-state index in [2.05, 4.69) is 81.5 Å². The van der Waals surface area contributed by atoms with Gasteiger partial charge in [-0.05, 0) is 83.5 Å². The third-order valence-corrected chi connectivity index (χ3v) is 14.4. The summed E-state index contributed by atoms with van der Waals surface area (Å²) in [5.41, 5.74) is 0. The largest absolute Gasteiger partial charge is 0.472 e. The lowest BCUT2D eigenvalue weighted by molar-refractivity contribution is -0.161. The molecular formula is C64H115O11P. The molecule has 0 aromatic heterocycles. The fraction of sp³-hybridized carbons (Fsp3) is 0.797. The number of ether oxygens (including phenoxy) is 3. The summed E-state index contributed by atoms with van der Waals surface area (Å²) in [7, 11) is -4.76. The molecule has 0 aromatic carbocycles. The summed E-state index contributed by atoms with van der Waals surface area (Å²) in [6.45, 7) is 4.51. The second kappa shape index (κ2) is 58.3. The Labute approximate surface area is 465 Å². The number of rotatable bonds is 58. The quantitative estimate of drug-likeness (QED) is 0.0197. The van der Waals surface area contributed by atoms with Gasteiger partial charge >= 0.3 is 25.7 Å². The van der Waals surface area contributed by atoms with Gasteiger partial charge in [-0.3, -0.25) is 23.4 Å². The molecule has 0 saturated carbocycles. The van der Waals surface area contributed by atoms with Crippen molar-refractivity contribution in [2.45, 2.75) is 303 Å². The Hall–Kier alpha value is -2.82. The molecule has 442 valence electrons. The van der Waals surface area contributed by atoms with Crippen LogP contribution >= 0.6 is 7.82 Å². The Morgan fingerprint density at radius 3 is 1.09 bits per heavy atom. The van der Waals surface area contributed by atoms with Crippen LogP contribution in [0.15, 0.2) is 60.8 Å². The van der Waals surface area contributed by atoms with Crippen LogP contribution in [0.5, 0.6) is 0 Å². The van der Waals surface area contributed by atoms with Gasteiger partial charge in [-0.1, -0.05) is 248 Å². The monoisotopic (exact) mass is 1090 g/mol. The van der Waals surface area contributed by atoms with Gasteiger partial charge in [0.05, 0.1) is 19.8 Å². The van der Waals surface area contributed by atoms with E-state index in [1.165, 1.54) is 141 Å². The standard InChI is InChI=1S/C64H115O11P/c1-4-7-10-13-16-19-22-25-27-29-30-32-34-37-40-43-46-49-52-55-64(68)75-61(57-71-62(66)53-50-47-44-41-38-36-33-31-28-26-23-20-17-14-11-8-5-2)59-73-76(69,70)72-58-60(56-65)74-63(67)54-51-48-45-42-39-35-24-21-18-15-12-9-6-3/h9,12,16,18-19,21,25,27,35,39,60-61,65H,4-8,10-11,13-15,17,20,22-24,26,28-34,36-38,40-59H2,1-3H3,(H,69,70)/b12-9-,19-16-,21-18-,27-25-,39-35-. The predicted molar refractivity (Wildman–Crippen MR) is 316 cm³/mol. The van der Waals surface area contributed by atoms with Crippen molar-refractivity contribution in [2.24, 2.45) is 0 Å². The van der Waals surface area contributed by atoms with Gasteiger partial charge in [0.2, 0.25) is 0 Å². The Morgan fingerprint density at radius 2 is 0.684 bits per heavy atom. The maximum absolute atomic E-state index is 12.9. The van der Waals surface area contributed by atoms with E-state index in [0.29, 0.717) is 19.3 Å². The van der Waals surface area contributed by atoms with Crippen molar-refractivity contribution >= 4 is 25.7 Å². The third kappa shape index (κ3) is 55.9. The number of allylic oxidation sites excluding steroid dienone is 10. The highest BCUT2D eigenvalue weighted by molar-refractivity contribution is 7.47. The fourth-order valence-electron chi connectivity index (χ4n) is 8.70. The number of aliphatic hydroxyl groups is 1. The molecule has 0 radical (unpaired) electrons. The minimum atomic E-state index is -4.76. The number of hydrogen-bond acceptors (Lipinski definition) is 10. The molecule has 3 atom stereocenters. The van der Waals surface area contributed by atoms with Gasteiger partial charge in [0, 0.05) is 19.3 Å². The van der Waals surface area contributed by atoms with Crippen LogP contribution in [0, 0.1) is 0 Å². The summed E-state index contributed by atoms with van der Waals surface area (Å²) in [6.07, 6.45) is 64.6.